The van der Waals surface area contributed by atoms with Gasteiger partial charge in [0.1, 0.15) is 5.69 Å². The molecule has 2 rings (SSSR count). The molecule has 2 unspecified atom stereocenters. The van der Waals surface area contributed by atoms with E-state index >= 15 is 0 Å². The standard InChI is InChI=1S/C14H24N4O/c1-4-18-13(7-11(3)17-18)14(19)16-9-12-6-5-10(2)15-8-12/h7,10,12,15H,4-6,8-9H2,1-3H3,(H,16,19). The fourth-order valence-electron chi connectivity index (χ4n) is 2.53. The average molecular weight is 264 g/mol. The molecule has 0 spiro atoms. The number of rotatable bonds is 4. The Labute approximate surface area is 114 Å². The third-order valence-corrected chi connectivity index (χ3v) is 3.75. The first-order chi connectivity index (χ1) is 9.10. The smallest absolute Gasteiger partial charge is 0.269 e. The molecule has 1 fully saturated rings. The lowest BCUT2D eigenvalue weighted by atomic mass is 9.95. The third-order valence-electron chi connectivity index (χ3n) is 3.75. The van der Waals surface area contributed by atoms with Crippen LogP contribution in [0.25, 0.3) is 0 Å². The maximum atomic E-state index is 12.2. The van der Waals surface area contributed by atoms with Crippen molar-refractivity contribution in [3.05, 3.63) is 17.5 Å². The summed E-state index contributed by atoms with van der Waals surface area (Å²) in [5.74, 6) is 0.528. The Morgan fingerprint density at radius 3 is 3.00 bits per heavy atom. The molecule has 0 radical (unpaired) electrons. The number of carbonyl (C=O) groups excluding carboxylic acids is 1. The van der Waals surface area contributed by atoms with Crippen molar-refractivity contribution in [1.29, 1.82) is 0 Å². The fraction of sp³-hybridized carbons (Fsp3) is 0.714. The third kappa shape index (κ3) is 3.56. The Morgan fingerprint density at radius 1 is 1.58 bits per heavy atom. The van der Waals surface area contributed by atoms with Crippen LogP contribution < -0.4 is 10.6 Å². The quantitative estimate of drug-likeness (QED) is 0.862. The first kappa shape index (κ1) is 14.1. The summed E-state index contributed by atoms with van der Waals surface area (Å²) >= 11 is 0. The molecular weight excluding hydrogens is 240 g/mol. The molecule has 1 aliphatic rings. The Hall–Kier alpha value is -1.36. The second-order valence-electron chi connectivity index (χ2n) is 5.45. The van der Waals surface area contributed by atoms with E-state index in [1.165, 1.54) is 12.8 Å². The molecule has 0 saturated carbocycles. The molecule has 5 nitrogen and oxygen atoms in total. The van der Waals surface area contributed by atoms with Gasteiger partial charge in [-0.2, -0.15) is 5.10 Å². The van der Waals surface area contributed by atoms with E-state index in [0.717, 1.165) is 25.3 Å². The summed E-state index contributed by atoms with van der Waals surface area (Å²) < 4.78 is 1.76. The Bertz CT molecular complexity index is 433. The van der Waals surface area contributed by atoms with Crippen LogP contribution in [0.2, 0.25) is 0 Å². The van der Waals surface area contributed by atoms with E-state index in [-0.39, 0.29) is 5.91 Å². The van der Waals surface area contributed by atoms with Crippen LogP contribution in [0, 0.1) is 12.8 Å². The molecular formula is C14H24N4O. The molecule has 2 N–H and O–H groups in total. The minimum absolute atomic E-state index is 0.0129. The van der Waals surface area contributed by atoms with Crippen LogP contribution in [0.1, 0.15) is 42.9 Å². The van der Waals surface area contributed by atoms with Crippen LogP contribution >= 0.6 is 0 Å². The number of carbonyl (C=O) groups is 1. The van der Waals surface area contributed by atoms with Gasteiger partial charge in [-0.3, -0.25) is 9.48 Å². The molecule has 1 amide bonds. The van der Waals surface area contributed by atoms with Crippen molar-refractivity contribution in [2.24, 2.45) is 5.92 Å². The number of aryl methyl sites for hydroxylation is 2. The van der Waals surface area contributed by atoms with Crippen molar-refractivity contribution in [3.8, 4) is 0 Å². The summed E-state index contributed by atoms with van der Waals surface area (Å²) in [5, 5.41) is 10.8. The first-order valence-electron chi connectivity index (χ1n) is 7.16. The van der Waals surface area contributed by atoms with E-state index in [9.17, 15) is 4.79 Å². The summed E-state index contributed by atoms with van der Waals surface area (Å²) in [6.07, 6.45) is 2.37. The molecule has 5 heteroatoms. The Balaban J connectivity index is 1.87. The summed E-state index contributed by atoms with van der Waals surface area (Å²) in [6, 6.07) is 2.45. The van der Waals surface area contributed by atoms with Crippen LogP contribution in [0.3, 0.4) is 0 Å². The molecule has 0 aliphatic carbocycles. The summed E-state index contributed by atoms with van der Waals surface area (Å²) in [7, 11) is 0. The van der Waals surface area contributed by atoms with Crippen LogP contribution in [0.5, 0.6) is 0 Å². The Kier molecular flexibility index (Phi) is 4.58. The second-order valence-corrected chi connectivity index (χ2v) is 5.45. The van der Waals surface area contributed by atoms with Crippen molar-refractivity contribution in [3.63, 3.8) is 0 Å². The van der Waals surface area contributed by atoms with Crippen molar-refractivity contribution in [2.45, 2.75) is 46.2 Å². The van der Waals surface area contributed by atoms with E-state index in [4.69, 9.17) is 0 Å². The first-order valence-corrected chi connectivity index (χ1v) is 7.16. The van der Waals surface area contributed by atoms with Gasteiger partial charge in [-0.15, -0.1) is 0 Å². The highest BCUT2D eigenvalue weighted by Gasteiger charge is 2.19. The maximum absolute atomic E-state index is 12.2. The molecule has 1 aromatic rings. The molecule has 0 bridgehead atoms. The monoisotopic (exact) mass is 264 g/mol. The SMILES string of the molecule is CCn1nc(C)cc1C(=O)NCC1CCC(C)NC1. The van der Waals surface area contributed by atoms with E-state index in [1.807, 2.05) is 19.9 Å². The highest BCUT2D eigenvalue weighted by molar-refractivity contribution is 5.92. The van der Waals surface area contributed by atoms with Gasteiger partial charge in [0.25, 0.3) is 5.91 Å². The summed E-state index contributed by atoms with van der Waals surface area (Å²) in [5.41, 5.74) is 1.55. The molecule has 1 saturated heterocycles. The molecule has 19 heavy (non-hydrogen) atoms. The predicted molar refractivity (Wildman–Crippen MR) is 75.2 cm³/mol. The molecule has 1 aromatic heterocycles. The number of nitrogens with zero attached hydrogens (tertiary/aromatic N) is 2. The Morgan fingerprint density at radius 2 is 2.37 bits per heavy atom. The van der Waals surface area contributed by atoms with Gasteiger partial charge in [0.2, 0.25) is 0 Å². The van der Waals surface area contributed by atoms with Crippen molar-refractivity contribution < 1.29 is 4.79 Å². The van der Waals surface area contributed by atoms with E-state index < -0.39 is 0 Å². The van der Waals surface area contributed by atoms with Crippen molar-refractivity contribution in [2.75, 3.05) is 13.1 Å². The molecule has 106 valence electrons. The number of hydrogen-bond acceptors (Lipinski definition) is 3. The minimum Gasteiger partial charge on any atom is -0.350 e. The molecule has 2 atom stereocenters. The van der Waals surface area contributed by atoms with Crippen molar-refractivity contribution >= 4 is 5.91 Å². The van der Waals surface area contributed by atoms with Gasteiger partial charge in [0.05, 0.1) is 5.69 Å². The normalized spacial score (nSPS) is 23.3. The van der Waals surface area contributed by atoms with Gasteiger partial charge >= 0.3 is 0 Å². The van der Waals surface area contributed by atoms with Gasteiger partial charge in [0, 0.05) is 19.1 Å². The topological polar surface area (TPSA) is 59.0 Å². The highest BCUT2D eigenvalue weighted by Crippen LogP contribution is 2.13. The number of piperidine rings is 1. The van der Waals surface area contributed by atoms with E-state index in [1.54, 1.807) is 4.68 Å². The highest BCUT2D eigenvalue weighted by atomic mass is 16.2. The summed E-state index contributed by atoms with van der Waals surface area (Å²) in [4.78, 5) is 12.2. The number of hydrogen-bond donors (Lipinski definition) is 2. The lowest BCUT2D eigenvalue weighted by molar-refractivity contribution is 0.0933. The zero-order valence-corrected chi connectivity index (χ0v) is 12.1. The van der Waals surface area contributed by atoms with Gasteiger partial charge in [-0.25, -0.2) is 0 Å². The van der Waals surface area contributed by atoms with Crippen LogP contribution in [0.4, 0.5) is 0 Å². The molecule has 1 aliphatic heterocycles. The van der Waals surface area contributed by atoms with Gasteiger partial charge in [0.15, 0.2) is 0 Å². The average Bonchev–Trinajstić information content (AvgIpc) is 2.79. The van der Waals surface area contributed by atoms with Crippen LogP contribution in [0.15, 0.2) is 6.07 Å². The summed E-state index contributed by atoms with van der Waals surface area (Å²) in [6.45, 7) is 8.57. The van der Waals surface area contributed by atoms with Crippen LogP contribution in [-0.4, -0.2) is 34.8 Å². The zero-order valence-electron chi connectivity index (χ0n) is 12.1. The largest absolute Gasteiger partial charge is 0.350 e. The zero-order chi connectivity index (χ0) is 13.8. The second kappa shape index (κ2) is 6.19. The van der Waals surface area contributed by atoms with Gasteiger partial charge < -0.3 is 10.6 Å². The van der Waals surface area contributed by atoms with Crippen LogP contribution in [-0.2, 0) is 6.54 Å². The number of aromatic nitrogens is 2. The minimum atomic E-state index is -0.0129. The fourth-order valence-corrected chi connectivity index (χ4v) is 2.53. The van der Waals surface area contributed by atoms with Gasteiger partial charge in [-0.1, -0.05) is 0 Å². The van der Waals surface area contributed by atoms with Gasteiger partial charge in [-0.05, 0) is 52.1 Å². The number of amides is 1. The number of nitrogens with one attached hydrogen (secondary N) is 2. The lowest BCUT2D eigenvalue weighted by Gasteiger charge is -2.27. The predicted octanol–water partition coefficient (Wildman–Crippen LogP) is 1.33. The lowest BCUT2D eigenvalue weighted by Crippen LogP contribution is -2.42. The molecule has 2 heterocycles. The van der Waals surface area contributed by atoms with E-state index in [0.29, 0.717) is 17.7 Å². The molecule has 0 aromatic carbocycles. The van der Waals surface area contributed by atoms with E-state index in [2.05, 4.69) is 22.7 Å². The van der Waals surface area contributed by atoms with Crippen molar-refractivity contribution in [1.82, 2.24) is 20.4 Å². The maximum Gasteiger partial charge on any atom is 0.269 e.